The smallest absolute Gasteiger partial charge is 0.250 e. The number of hydrogen-bond donors (Lipinski definition) is 1. The average Bonchev–Trinajstić information content (AvgIpc) is 2.57. The van der Waals surface area contributed by atoms with E-state index in [1.54, 1.807) is 0 Å². The van der Waals surface area contributed by atoms with Gasteiger partial charge in [0.2, 0.25) is 0 Å². The minimum atomic E-state index is -2.45. The number of piperidine rings is 1. The number of likely N-dealkylation sites (tertiary alicyclic amines) is 1. The molecule has 136 valence electrons. The molecule has 0 aromatic heterocycles. The average molecular weight is 339 g/mol. The normalized spacial score (nSPS) is 19.8. The predicted octanol–water partition coefficient (Wildman–Crippen LogP) is 4.19. The molecule has 1 rings (SSSR count). The first-order chi connectivity index (χ1) is 11.6. The second-order valence-corrected chi connectivity index (χ2v) is 5.99. The first kappa shape index (κ1) is 20.6. The van der Waals surface area contributed by atoms with Gasteiger partial charge >= 0.3 is 0 Å². The summed E-state index contributed by atoms with van der Waals surface area (Å²) < 4.78 is 26.2. The molecule has 5 heteroatoms. The summed E-state index contributed by atoms with van der Waals surface area (Å²) in [5, 5.41) is 3.39. The van der Waals surface area contributed by atoms with Crippen LogP contribution in [0.1, 0.15) is 39.5 Å². The Morgan fingerprint density at radius 2 is 2.00 bits per heavy atom. The van der Waals surface area contributed by atoms with Crippen LogP contribution in [0.15, 0.2) is 41.1 Å². The Morgan fingerprint density at radius 1 is 1.25 bits per heavy atom. The van der Waals surface area contributed by atoms with Crippen LogP contribution >= 0.6 is 0 Å². The van der Waals surface area contributed by atoms with Crippen LogP contribution < -0.4 is 5.32 Å². The summed E-state index contributed by atoms with van der Waals surface area (Å²) in [4.78, 5) is 6.39. The maximum absolute atomic E-state index is 13.1. The molecule has 1 heterocycles. The van der Waals surface area contributed by atoms with Crippen LogP contribution in [0.25, 0.3) is 0 Å². The molecule has 1 N–H and O–H groups in total. The molecule has 1 saturated heterocycles. The summed E-state index contributed by atoms with van der Waals surface area (Å²) in [6.07, 6.45) is 13.8. The van der Waals surface area contributed by atoms with E-state index in [4.69, 9.17) is 0 Å². The van der Waals surface area contributed by atoms with Gasteiger partial charge in [-0.2, -0.15) is 0 Å². The Bertz CT molecular complexity index is 444. The van der Waals surface area contributed by atoms with Crippen LogP contribution in [0.3, 0.4) is 0 Å². The molecule has 1 aliphatic heterocycles. The summed E-state index contributed by atoms with van der Waals surface area (Å²) in [6, 6.07) is 0. The van der Waals surface area contributed by atoms with E-state index in [-0.39, 0.29) is 12.8 Å². The van der Waals surface area contributed by atoms with Crippen LogP contribution in [0, 0.1) is 0 Å². The van der Waals surface area contributed by atoms with Crippen molar-refractivity contribution in [1.29, 1.82) is 0 Å². The van der Waals surface area contributed by atoms with Gasteiger partial charge in [-0.15, -0.1) is 0 Å². The zero-order valence-electron chi connectivity index (χ0n) is 15.0. The zero-order valence-corrected chi connectivity index (χ0v) is 15.0. The fourth-order valence-electron chi connectivity index (χ4n) is 2.48. The third-order valence-corrected chi connectivity index (χ3v) is 3.99. The zero-order chi connectivity index (χ0) is 17.7. The van der Waals surface area contributed by atoms with Gasteiger partial charge in [-0.1, -0.05) is 18.2 Å². The van der Waals surface area contributed by atoms with Crippen molar-refractivity contribution in [2.45, 2.75) is 45.5 Å². The summed E-state index contributed by atoms with van der Waals surface area (Å²) >= 11 is 0. The Kier molecular flexibility index (Phi) is 10.2. The number of alkyl halides is 2. The number of nitrogens with zero attached hydrogens (tertiary/aromatic N) is 2. The monoisotopic (exact) mass is 339 g/mol. The molecule has 0 aromatic rings. The Hall–Kier alpha value is -1.49. The van der Waals surface area contributed by atoms with Gasteiger partial charge in [-0.25, -0.2) is 8.78 Å². The highest BCUT2D eigenvalue weighted by Crippen LogP contribution is 2.27. The highest BCUT2D eigenvalue weighted by Gasteiger charge is 2.33. The number of aliphatic imine (C=N–C) groups is 1. The molecule has 0 spiro atoms. The molecule has 0 radical (unpaired) electrons. The van der Waals surface area contributed by atoms with Crippen molar-refractivity contribution in [1.82, 2.24) is 10.2 Å². The highest BCUT2D eigenvalue weighted by atomic mass is 19.3. The molecule has 0 aromatic carbocycles. The fraction of sp³-hybridized carbons (Fsp3) is 0.632. The van der Waals surface area contributed by atoms with E-state index >= 15 is 0 Å². The second kappa shape index (κ2) is 12.0. The van der Waals surface area contributed by atoms with Crippen molar-refractivity contribution in [3.8, 4) is 0 Å². The number of hydrogen-bond acceptors (Lipinski definition) is 3. The summed E-state index contributed by atoms with van der Waals surface area (Å²) in [6.45, 7) is 7.52. The standard InChI is InChI=1S/C19H31F2N3/c1-3-5-12-22-13-7-6-9-18(4-2)23-14-8-15-24-16-10-19(20,21)11-17-24/h3-6,9,12,23H,7-8,10-11,13-17H2,1-2H3/b5-3-,9-6-,18-4+,22-12?. The molecular formula is C19H31F2N3. The molecular weight excluding hydrogens is 308 g/mol. The molecule has 1 fully saturated rings. The van der Waals surface area contributed by atoms with E-state index in [9.17, 15) is 8.78 Å². The van der Waals surface area contributed by atoms with Gasteiger partial charge in [-0.05, 0) is 45.4 Å². The third kappa shape index (κ3) is 9.60. The van der Waals surface area contributed by atoms with Gasteiger partial charge in [0, 0.05) is 50.9 Å². The van der Waals surface area contributed by atoms with Gasteiger partial charge < -0.3 is 10.2 Å². The maximum Gasteiger partial charge on any atom is 0.250 e. The Morgan fingerprint density at radius 3 is 2.67 bits per heavy atom. The molecule has 0 saturated carbocycles. The second-order valence-electron chi connectivity index (χ2n) is 5.99. The largest absolute Gasteiger partial charge is 0.385 e. The van der Waals surface area contributed by atoms with E-state index in [1.165, 1.54) is 0 Å². The van der Waals surface area contributed by atoms with Crippen LogP contribution in [0.4, 0.5) is 8.78 Å². The predicted molar refractivity (Wildman–Crippen MR) is 98.9 cm³/mol. The molecule has 3 nitrogen and oxygen atoms in total. The van der Waals surface area contributed by atoms with Crippen molar-refractivity contribution >= 4 is 6.21 Å². The number of nitrogens with one attached hydrogen (secondary N) is 1. The maximum atomic E-state index is 13.1. The van der Waals surface area contributed by atoms with Crippen LogP contribution in [0.2, 0.25) is 0 Å². The van der Waals surface area contributed by atoms with Crippen molar-refractivity contribution in [2.75, 3.05) is 32.7 Å². The van der Waals surface area contributed by atoms with Crippen LogP contribution in [0.5, 0.6) is 0 Å². The van der Waals surface area contributed by atoms with Crippen molar-refractivity contribution in [2.24, 2.45) is 4.99 Å². The fourth-order valence-corrected chi connectivity index (χ4v) is 2.48. The minimum Gasteiger partial charge on any atom is -0.385 e. The highest BCUT2D eigenvalue weighted by molar-refractivity contribution is 5.70. The van der Waals surface area contributed by atoms with Crippen molar-refractivity contribution in [3.05, 3.63) is 36.1 Å². The summed E-state index contributed by atoms with van der Waals surface area (Å²) in [5.41, 5.74) is 1.10. The van der Waals surface area contributed by atoms with E-state index in [0.717, 1.165) is 38.2 Å². The summed E-state index contributed by atoms with van der Waals surface area (Å²) in [5.74, 6) is -2.45. The third-order valence-electron chi connectivity index (χ3n) is 3.99. The van der Waals surface area contributed by atoms with E-state index in [2.05, 4.69) is 27.4 Å². The van der Waals surface area contributed by atoms with Gasteiger partial charge in [0.05, 0.1) is 0 Å². The van der Waals surface area contributed by atoms with Gasteiger partial charge in [0.15, 0.2) is 0 Å². The number of halogens is 2. The molecule has 0 bridgehead atoms. The lowest BCUT2D eigenvalue weighted by Crippen LogP contribution is -2.40. The molecule has 0 atom stereocenters. The van der Waals surface area contributed by atoms with Gasteiger partial charge in [0.25, 0.3) is 5.92 Å². The molecule has 1 aliphatic rings. The topological polar surface area (TPSA) is 27.6 Å². The lowest BCUT2D eigenvalue weighted by molar-refractivity contribution is -0.0550. The van der Waals surface area contributed by atoms with E-state index in [1.807, 2.05) is 38.3 Å². The van der Waals surface area contributed by atoms with E-state index in [0.29, 0.717) is 13.1 Å². The first-order valence-corrected chi connectivity index (χ1v) is 8.85. The lowest BCUT2D eigenvalue weighted by atomic mass is 10.1. The van der Waals surface area contributed by atoms with Crippen molar-refractivity contribution in [3.63, 3.8) is 0 Å². The number of rotatable bonds is 10. The van der Waals surface area contributed by atoms with Crippen LogP contribution in [-0.2, 0) is 0 Å². The minimum absolute atomic E-state index is 0.000190. The Balaban J connectivity index is 2.11. The molecule has 0 aliphatic carbocycles. The number of allylic oxidation sites excluding steroid dienone is 4. The molecule has 0 unspecified atom stereocenters. The first-order valence-electron chi connectivity index (χ1n) is 8.85. The van der Waals surface area contributed by atoms with Crippen molar-refractivity contribution < 1.29 is 8.78 Å². The van der Waals surface area contributed by atoms with E-state index < -0.39 is 5.92 Å². The van der Waals surface area contributed by atoms with Crippen LogP contribution in [-0.4, -0.2) is 49.8 Å². The Labute approximate surface area is 145 Å². The summed E-state index contributed by atoms with van der Waals surface area (Å²) in [7, 11) is 0. The quantitative estimate of drug-likeness (QED) is 0.367. The molecule has 0 amide bonds. The van der Waals surface area contributed by atoms with Gasteiger partial charge in [-0.3, -0.25) is 4.99 Å². The van der Waals surface area contributed by atoms with Gasteiger partial charge in [0.1, 0.15) is 0 Å². The molecule has 24 heavy (non-hydrogen) atoms. The SMILES string of the molecule is C/C=C\C=NCC/C=C\C(=C/C)NCCCN1CCC(F)(F)CC1. The lowest BCUT2D eigenvalue weighted by Gasteiger charge is -2.31.